The lowest BCUT2D eigenvalue weighted by Gasteiger charge is -2.19. The standard InChI is InChI=1S/C12H21N3O2/c1-4-5-15(6-7-16)12(17)11-8-10(9(2)3)13-14-11/h8-9,16H,4-7H2,1-3H3,(H,13,14). The van der Waals surface area contributed by atoms with Gasteiger partial charge in [-0.05, 0) is 18.4 Å². The molecule has 0 saturated heterocycles. The zero-order valence-corrected chi connectivity index (χ0v) is 10.7. The number of nitrogens with zero attached hydrogens (tertiary/aromatic N) is 2. The molecule has 1 heterocycles. The highest BCUT2D eigenvalue weighted by Crippen LogP contribution is 2.13. The van der Waals surface area contributed by atoms with Crippen molar-refractivity contribution < 1.29 is 9.90 Å². The Morgan fingerprint density at radius 1 is 1.53 bits per heavy atom. The summed E-state index contributed by atoms with van der Waals surface area (Å²) in [5.41, 5.74) is 1.38. The highest BCUT2D eigenvalue weighted by atomic mass is 16.3. The molecule has 5 heteroatoms. The molecule has 0 spiro atoms. The van der Waals surface area contributed by atoms with E-state index in [0.29, 0.717) is 24.7 Å². The monoisotopic (exact) mass is 239 g/mol. The van der Waals surface area contributed by atoms with E-state index in [1.165, 1.54) is 0 Å². The number of aromatic amines is 1. The molecule has 0 saturated carbocycles. The van der Waals surface area contributed by atoms with Gasteiger partial charge in [0, 0.05) is 18.8 Å². The quantitative estimate of drug-likeness (QED) is 0.788. The van der Waals surface area contributed by atoms with E-state index in [0.717, 1.165) is 12.1 Å². The topological polar surface area (TPSA) is 69.2 Å². The largest absolute Gasteiger partial charge is 0.395 e. The summed E-state index contributed by atoms with van der Waals surface area (Å²) < 4.78 is 0. The van der Waals surface area contributed by atoms with Crippen LogP contribution in [0.1, 0.15) is 49.3 Å². The maximum atomic E-state index is 12.1. The van der Waals surface area contributed by atoms with Gasteiger partial charge in [-0.25, -0.2) is 0 Å². The molecule has 1 amide bonds. The summed E-state index contributed by atoms with van der Waals surface area (Å²) in [6, 6.07) is 1.78. The third kappa shape index (κ3) is 3.56. The van der Waals surface area contributed by atoms with E-state index in [2.05, 4.69) is 10.2 Å². The van der Waals surface area contributed by atoms with Crippen LogP contribution in [0.5, 0.6) is 0 Å². The first kappa shape index (κ1) is 13.7. The molecule has 0 aliphatic heterocycles. The summed E-state index contributed by atoms with van der Waals surface area (Å²) in [4.78, 5) is 13.7. The Balaban J connectivity index is 2.77. The van der Waals surface area contributed by atoms with Crippen LogP contribution in [-0.4, -0.2) is 45.8 Å². The number of H-pyrrole nitrogens is 1. The van der Waals surface area contributed by atoms with Crippen LogP contribution in [0.3, 0.4) is 0 Å². The first-order valence-corrected chi connectivity index (χ1v) is 6.05. The second-order valence-corrected chi connectivity index (χ2v) is 4.38. The average molecular weight is 239 g/mol. The van der Waals surface area contributed by atoms with E-state index in [1.807, 2.05) is 20.8 Å². The molecule has 96 valence electrons. The van der Waals surface area contributed by atoms with Gasteiger partial charge in [0.05, 0.1) is 6.61 Å². The van der Waals surface area contributed by atoms with Gasteiger partial charge >= 0.3 is 0 Å². The molecule has 0 aromatic carbocycles. The molecule has 1 aromatic rings. The number of hydrogen-bond acceptors (Lipinski definition) is 3. The minimum atomic E-state index is -0.121. The molecule has 0 unspecified atom stereocenters. The molecule has 5 nitrogen and oxygen atoms in total. The summed E-state index contributed by atoms with van der Waals surface area (Å²) in [6.07, 6.45) is 0.868. The van der Waals surface area contributed by atoms with Crippen molar-refractivity contribution in [1.82, 2.24) is 15.1 Å². The minimum Gasteiger partial charge on any atom is -0.395 e. The van der Waals surface area contributed by atoms with Crippen molar-refractivity contribution in [2.75, 3.05) is 19.7 Å². The highest BCUT2D eigenvalue weighted by molar-refractivity contribution is 5.92. The van der Waals surface area contributed by atoms with Crippen LogP contribution < -0.4 is 0 Å². The number of carbonyl (C=O) groups excluding carboxylic acids is 1. The number of amides is 1. The van der Waals surface area contributed by atoms with Crippen LogP contribution >= 0.6 is 0 Å². The van der Waals surface area contributed by atoms with Crippen LogP contribution in [0.4, 0.5) is 0 Å². The molecule has 1 aromatic heterocycles. The molecule has 17 heavy (non-hydrogen) atoms. The molecule has 0 aliphatic carbocycles. The van der Waals surface area contributed by atoms with Gasteiger partial charge in [0.25, 0.3) is 5.91 Å². The second kappa shape index (κ2) is 6.39. The van der Waals surface area contributed by atoms with E-state index in [9.17, 15) is 4.79 Å². The molecule has 1 rings (SSSR count). The molecule has 0 bridgehead atoms. The van der Waals surface area contributed by atoms with E-state index >= 15 is 0 Å². The maximum Gasteiger partial charge on any atom is 0.274 e. The van der Waals surface area contributed by atoms with Crippen molar-refractivity contribution in [1.29, 1.82) is 0 Å². The van der Waals surface area contributed by atoms with Crippen molar-refractivity contribution in [2.45, 2.75) is 33.1 Å². The lowest BCUT2D eigenvalue weighted by atomic mass is 10.1. The van der Waals surface area contributed by atoms with Gasteiger partial charge in [0.15, 0.2) is 0 Å². The SMILES string of the molecule is CCCN(CCO)C(=O)c1cc(C(C)C)[nH]n1. The normalized spacial score (nSPS) is 10.9. The molecule has 0 aliphatic rings. The van der Waals surface area contributed by atoms with E-state index in [1.54, 1.807) is 11.0 Å². The maximum absolute atomic E-state index is 12.1. The summed E-state index contributed by atoms with van der Waals surface area (Å²) >= 11 is 0. The molecule has 0 atom stereocenters. The molecule has 0 fully saturated rings. The summed E-state index contributed by atoms with van der Waals surface area (Å²) in [7, 11) is 0. The zero-order valence-electron chi connectivity index (χ0n) is 10.7. The van der Waals surface area contributed by atoms with Gasteiger partial charge in [-0.2, -0.15) is 5.10 Å². The average Bonchev–Trinajstić information content (AvgIpc) is 2.77. The Morgan fingerprint density at radius 2 is 2.24 bits per heavy atom. The lowest BCUT2D eigenvalue weighted by molar-refractivity contribution is 0.0716. The van der Waals surface area contributed by atoms with Crippen LogP contribution in [0, 0.1) is 0 Å². The first-order valence-electron chi connectivity index (χ1n) is 6.05. The molecule has 0 radical (unpaired) electrons. The van der Waals surface area contributed by atoms with Crippen molar-refractivity contribution in [2.24, 2.45) is 0 Å². The number of aliphatic hydroxyl groups is 1. The van der Waals surface area contributed by atoms with E-state index < -0.39 is 0 Å². The van der Waals surface area contributed by atoms with Gasteiger partial charge < -0.3 is 10.0 Å². The van der Waals surface area contributed by atoms with Crippen molar-refractivity contribution in [3.05, 3.63) is 17.5 Å². The van der Waals surface area contributed by atoms with E-state index in [4.69, 9.17) is 5.11 Å². The first-order chi connectivity index (χ1) is 8.10. The fourth-order valence-corrected chi connectivity index (χ4v) is 1.61. The van der Waals surface area contributed by atoms with Crippen LogP contribution in [0.25, 0.3) is 0 Å². The van der Waals surface area contributed by atoms with Gasteiger partial charge in [-0.15, -0.1) is 0 Å². The molecular weight excluding hydrogens is 218 g/mol. The predicted molar refractivity (Wildman–Crippen MR) is 66.0 cm³/mol. The van der Waals surface area contributed by atoms with Gasteiger partial charge in [-0.3, -0.25) is 9.89 Å². The number of nitrogens with one attached hydrogen (secondary N) is 1. The second-order valence-electron chi connectivity index (χ2n) is 4.38. The summed E-state index contributed by atoms with van der Waals surface area (Å²) in [5.74, 6) is 0.200. The number of hydrogen-bond donors (Lipinski definition) is 2. The third-order valence-corrected chi connectivity index (χ3v) is 2.59. The number of rotatable bonds is 6. The summed E-state index contributed by atoms with van der Waals surface area (Å²) in [5, 5.41) is 15.8. The Kier molecular flexibility index (Phi) is 5.15. The van der Waals surface area contributed by atoms with E-state index in [-0.39, 0.29) is 12.5 Å². The fourth-order valence-electron chi connectivity index (χ4n) is 1.61. The van der Waals surface area contributed by atoms with Crippen LogP contribution in [0.2, 0.25) is 0 Å². The van der Waals surface area contributed by atoms with Gasteiger partial charge in [0.2, 0.25) is 0 Å². The zero-order chi connectivity index (χ0) is 12.8. The molecule has 2 N–H and O–H groups in total. The Hall–Kier alpha value is -1.36. The number of aliphatic hydroxyl groups excluding tert-OH is 1. The summed E-state index contributed by atoms with van der Waals surface area (Å²) in [6.45, 7) is 7.06. The smallest absolute Gasteiger partial charge is 0.274 e. The van der Waals surface area contributed by atoms with Crippen LogP contribution in [0.15, 0.2) is 6.07 Å². The Bertz CT molecular complexity index is 354. The van der Waals surface area contributed by atoms with Crippen molar-refractivity contribution in [3.63, 3.8) is 0 Å². The Labute approximate surface area is 102 Å². The van der Waals surface area contributed by atoms with Gasteiger partial charge in [-0.1, -0.05) is 20.8 Å². The highest BCUT2D eigenvalue weighted by Gasteiger charge is 2.18. The number of carbonyl (C=O) groups is 1. The minimum absolute atomic E-state index is 0.0206. The Morgan fingerprint density at radius 3 is 2.71 bits per heavy atom. The predicted octanol–water partition coefficient (Wildman–Crippen LogP) is 1.38. The van der Waals surface area contributed by atoms with Crippen molar-refractivity contribution >= 4 is 5.91 Å². The van der Waals surface area contributed by atoms with Crippen LogP contribution in [-0.2, 0) is 0 Å². The van der Waals surface area contributed by atoms with Gasteiger partial charge in [0.1, 0.15) is 5.69 Å². The molecular formula is C12H21N3O2. The lowest BCUT2D eigenvalue weighted by Crippen LogP contribution is -2.34. The third-order valence-electron chi connectivity index (χ3n) is 2.59. The fraction of sp³-hybridized carbons (Fsp3) is 0.667. The van der Waals surface area contributed by atoms with Crippen molar-refractivity contribution in [3.8, 4) is 0 Å². The number of aromatic nitrogens is 2.